The highest BCUT2D eigenvalue weighted by molar-refractivity contribution is 5.80. The van der Waals surface area contributed by atoms with Gasteiger partial charge >= 0.3 is 0 Å². The van der Waals surface area contributed by atoms with Crippen LogP contribution in [0, 0.1) is 0 Å². The second-order valence-corrected chi connectivity index (χ2v) is 6.97. The van der Waals surface area contributed by atoms with Gasteiger partial charge in [0.1, 0.15) is 0 Å². The number of nitrogens with zero attached hydrogens (tertiary/aromatic N) is 5. The minimum absolute atomic E-state index is 0.0291. The van der Waals surface area contributed by atoms with Crippen LogP contribution in [0.5, 0.6) is 0 Å². The van der Waals surface area contributed by atoms with E-state index in [1.807, 2.05) is 18.2 Å². The molecule has 0 atom stereocenters. The molecule has 0 spiro atoms. The number of aromatic amines is 1. The number of rotatable bonds is 8. The van der Waals surface area contributed by atoms with Gasteiger partial charge in [-0.15, -0.1) is 5.10 Å². The van der Waals surface area contributed by atoms with E-state index in [0.717, 1.165) is 48.7 Å². The normalized spacial score (nSPS) is 15.1. The molecule has 148 valence electrons. The molecule has 9 heteroatoms. The summed E-state index contributed by atoms with van der Waals surface area (Å²) in [6.45, 7) is 5.12. The van der Waals surface area contributed by atoms with Crippen molar-refractivity contribution >= 4 is 16.8 Å². The topological polar surface area (TPSA) is 101 Å². The summed E-state index contributed by atoms with van der Waals surface area (Å²) in [6, 6.07) is 10.1. The van der Waals surface area contributed by atoms with Gasteiger partial charge in [-0.25, -0.2) is 4.68 Å². The third-order valence-corrected chi connectivity index (χ3v) is 4.91. The van der Waals surface area contributed by atoms with Gasteiger partial charge in [-0.1, -0.05) is 18.2 Å². The first-order valence-corrected chi connectivity index (χ1v) is 9.66. The van der Waals surface area contributed by atoms with Crippen molar-refractivity contribution in [3.8, 4) is 0 Å². The minimum Gasteiger partial charge on any atom is -0.379 e. The summed E-state index contributed by atoms with van der Waals surface area (Å²) in [5.74, 6) is 0.863. The standard InChI is InChI=1S/C19H25N7O2/c27-19(20-13-16-12-15-4-1-2-5-17(15)21-16)6-3-7-26-18(22-23-24-26)14-25-8-10-28-11-9-25/h1-2,4-5,12,21H,3,6-11,13-14H2,(H,20,27). The summed E-state index contributed by atoms with van der Waals surface area (Å²) in [5.41, 5.74) is 2.08. The number of tetrazole rings is 1. The van der Waals surface area contributed by atoms with Crippen molar-refractivity contribution in [2.75, 3.05) is 26.3 Å². The molecule has 0 bridgehead atoms. The van der Waals surface area contributed by atoms with Crippen LogP contribution in [-0.2, 0) is 29.2 Å². The predicted molar refractivity (Wildman–Crippen MR) is 103 cm³/mol. The number of carbonyl (C=O) groups is 1. The summed E-state index contributed by atoms with van der Waals surface area (Å²) in [4.78, 5) is 17.7. The summed E-state index contributed by atoms with van der Waals surface area (Å²) >= 11 is 0. The number of carbonyl (C=O) groups excluding carboxylic acids is 1. The molecule has 0 radical (unpaired) electrons. The largest absolute Gasteiger partial charge is 0.379 e. The van der Waals surface area contributed by atoms with E-state index in [2.05, 4.69) is 42.9 Å². The van der Waals surface area contributed by atoms with E-state index in [9.17, 15) is 4.79 Å². The highest BCUT2D eigenvalue weighted by Gasteiger charge is 2.15. The molecule has 3 heterocycles. The fourth-order valence-corrected chi connectivity index (χ4v) is 3.37. The van der Waals surface area contributed by atoms with E-state index in [1.54, 1.807) is 4.68 Å². The summed E-state index contributed by atoms with van der Waals surface area (Å²) in [7, 11) is 0. The van der Waals surface area contributed by atoms with E-state index >= 15 is 0 Å². The Hall–Kier alpha value is -2.78. The Bertz CT molecular complexity index is 881. The minimum atomic E-state index is 0.0291. The molecular formula is C19H25N7O2. The Balaban J connectivity index is 1.20. The molecule has 2 N–H and O–H groups in total. The van der Waals surface area contributed by atoms with Crippen LogP contribution in [0.1, 0.15) is 24.4 Å². The van der Waals surface area contributed by atoms with Crippen LogP contribution in [0.2, 0.25) is 0 Å². The number of H-pyrrole nitrogens is 1. The third kappa shape index (κ3) is 4.73. The molecule has 9 nitrogen and oxygen atoms in total. The SMILES string of the molecule is O=C(CCCn1nnnc1CN1CCOCC1)NCc1cc2ccccc2[nH]1. The number of hydrogen-bond acceptors (Lipinski definition) is 6. The average molecular weight is 383 g/mol. The second-order valence-electron chi connectivity index (χ2n) is 6.97. The van der Waals surface area contributed by atoms with Crippen molar-refractivity contribution in [3.63, 3.8) is 0 Å². The molecule has 0 unspecified atom stereocenters. The highest BCUT2D eigenvalue weighted by Crippen LogP contribution is 2.14. The van der Waals surface area contributed by atoms with Crippen LogP contribution >= 0.6 is 0 Å². The maximum Gasteiger partial charge on any atom is 0.220 e. The number of hydrogen-bond donors (Lipinski definition) is 2. The lowest BCUT2D eigenvalue weighted by Crippen LogP contribution is -2.36. The van der Waals surface area contributed by atoms with E-state index in [-0.39, 0.29) is 5.91 Å². The Morgan fingerprint density at radius 1 is 1.25 bits per heavy atom. The van der Waals surface area contributed by atoms with E-state index < -0.39 is 0 Å². The first-order chi connectivity index (χ1) is 13.8. The zero-order chi connectivity index (χ0) is 19.2. The molecule has 2 aromatic heterocycles. The first-order valence-electron chi connectivity index (χ1n) is 9.66. The molecule has 1 aliphatic rings. The number of para-hydroxylation sites is 1. The number of fused-ring (bicyclic) bond motifs is 1. The third-order valence-electron chi connectivity index (χ3n) is 4.91. The van der Waals surface area contributed by atoms with Crippen molar-refractivity contribution in [1.29, 1.82) is 0 Å². The average Bonchev–Trinajstić information content (AvgIpc) is 3.33. The molecule has 1 saturated heterocycles. The number of morpholine rings is 1. The van der Waals surface area contributed by atoms with E-state index in [1.165, 1.54) is 0 Å². The van der Waals surface area contributed by atoms with E-state index in [4.69, 9.17) is 4.74 Å². The molecule has 1 aliphatic heterocycles. The molecule has 28 heavy (non-hydrogen) atoms. The van der Waals surface area contributed by atoms with Gasteiger partial charge in [0, 0.05) is 37.3 Å². The van der Waals surface area contributed by atoms with Crippen LogP contribution < -0.4 is 5.32 Å². The van der Waals surface area contributed by atoms with Gasteiger partial charge in [0.25, 0.3) is 0 Å². The van der Waals surface area contributed by atoms with Gasteiger partial charge in [-0.2, -0.15) is 0 Å². The quantitative estimate of drug-likeness (QED) is 0.604. The second kappa shape index (κ2) is 8.94. The van der Waals surface area contributed by atoms with Crippen molar-refractivity contribution in [1.82, 2.24) is 35.4 Å². The fraction of sp³-hybridized carbons (Fsp3) is 0.474. The molecular weight excluding hydrogens is 358 g/mol. The lowest BCUT2D eigenvalue weighted by Gasteiger charge is -2.25. The summed E-state index contributed by atoms with van der Waals surface area (Å²) in [6.07, 6.45) is 1.14. The molecule has 1 aromatic carbocycles. The number of benzene rings is 1. The number of aryl methyl sites for hydroxylation is 1. The highest BCUT2D eigenvalue weighted by atomic mass is 16.5. The Kier molecular flexibility index (Phi) is 5.93. The molecule has 4 rings (SSSR count). The zero-order valence-electron chi connectivity index (χ0n) is 15.8. The van der Waals surface area contributed by atoms with Crippen molar-refractivity contribution in [2.45, 2.75) is 32.5 Å². The van der Waals surface area contributed by atoms with Crippen molar-refractivity contribution in [2.24, 2.45) is 0 Å². The molecule has 0 aliphatic carbocycles. The maximum absolute atomic E-state index is 12.2. The lowest BCUT2D eigenvalue weighted by atomic mass is 10.2. The van der Waals surface area contributed by atoms with Gasteiger partial charge in [0.05, 0.1) is 26.3 Å². The molecule has 3 aromatic rings. The van der Waals surface area contributed by atoms with Crippen LogP contribution in [0.3, 0.4) is 0 Å². The van der Waals surface area contributed by atoms with Gasteiger partial charge in [-0.05, 0) is 34.4 Å². The summed E-state index contributed by atoms with van der Waals surface area (Å²) in [5, 5.41) is 16.1. The van der Waals surface area contributed by atoms with Gasteiger partial charge in [-0.3, -0.25) is 9.69 Å². The van der Waals surface area contributed by atoms with Gasteiger partial charge < -0.3 is 15.0 Å². The zero-order valence-corrected chi connectivity index (χ0v) is 15.8. The number of nitrogens with one attached hydrogen (secondary N) is 2. The van der Waals surface area contributed by atoms with Crippen molar-refractivity contribution in [3.05, 3.63) is 41.9 Å². The Morgan fingerprint density at radius 2 is 2.11 bits per heavy atom. The molecule has 0 saturated carbocycles. The molecule has 1 amide bonds. The number of amides is 1. The maximum atomic E-state index is 12.2. The Morgan fingerprint density at radius 3 is 2.96 bits per heavy atom. The van der Waals surface area contributed by atoms with Gasteiger partial charge in [0.15, 0.2) is 5.82 Å². The van der Waals surface area contributed by atoms with Crippen LogP contribution in [-0.4, -0.2) is 62.3 Å². The van der Waals surface area contributed by atoms with Crippen molar-refractivity contribution < 1.29 is 9.53 Å². The molecule has 1 fully saturated rings. The van der Waals surface area contributed by atoms with Crippen LogP contribution in [0.15, 0.2) is 30.3 Å². The lowest BCUT2D eigenvalue weighted by molar-refractivity contribution is -0.121. The fourth-order valence-electron chi connectivity index (χ4n) is 3.37. The predicted octanol–water partition coefficient (Wildman–Crippen LogP) is 1.08. The smallest absolute Gasteiger partial charge is 0.220 e. The monoisotopic (exact) mass is 383 g/mol. The number of ether oxygens (including phenoxy) is 1. The van der Waals surface area contributed by atoms with E-state index in [0.29, 0.717) is 32.5 Å². The van der Waals surface area contributed by atoms with Gasteiger partial charge in [0.2, 0.25) is 5.91 Å². The first kappa shape index (κ1) is 18.6. The van der Waals surface area contributed by atoms with Crippen LogP contribution in [0.25, 0.3) is 10.9 Å². The van der Waals surface area contributed by atoms with Crippen LogP contribution in [0.4, 0.5) is 0 Å². The number of aromatic nitrogens is 5. The Labute approximate surface area is 163 Å². The summed E-state index contributed by atoms with van der Waals surface area (Å²) < 4.78 is 7.16.